The zero-order chi connectivity index (χ0) is 34.0. The van der Waals surface area contributed by atoms with Gasteiger partial charge in [0.05, 0.1) is 26.4 Å². The Morgan fingerprint density at radius 2 is 1.31 bits per heavy atom. The molecule has 4 atom stereocenters. The predicted octanol–water partition coefficient (Wildman–Crippen LogP) is 4.65. The summed E-state index contributed by atoms with van der Waals surface area (Å²) >= 11 is 3.55. The fraction of sp³-hybridized carbons (Fsp3) is 0.767. The molecule has 0 saturated carbocycles. The number of aromatic nitrogens is 2. The minimum Gasteiger partial charge on any atom is -0.378 e. The molecule has 1 aromatic rings. The summed E-state index contributed by atoms with van der Waals surface area (Å²) in [5, 5.41) is 9.33. The lowest BCUT2D eigenvalue weighted by Gasteiger charge is -2.26. The summed E-state index contributed by atoms with van der Waals surface area (Å²) in [6.07, 6.45) is -1.69. The molecule has 0 aromatic carbocycles. The standard InChI is InChI=1S/C30H49N3O9S3/c1-28(2,3)24(34)43-15-12-39-18-19-21(40-13-16-44-25(35)29(4,5)6)22(41-14-17-45-26(36)30(7,8)9)23(42-19)33-11-10-20(32-38)31-27(33)37/h10-11,19,21-23,38H,12-18H2,1-9H3,(H,31,32,37)/t19-,21-,22-,23-/m1/s1. The number of carbonyl (C=O) groups is 3. The van der Waals surface area contributed by atoms with Gasteiger partial charge in [-0.15, -0.1) is 0 Å². The molecule has 0 bridgehead atoms. The van der Waals surface area contributed by atoms with Crippen molar-refractivity contribution >= 4 is 56.4 Å². The lowest BCUT2D eigenvalue weighted by Crippen LogP contribution is -2.41. The first-order chi connectivity index (χ1) is 20.9. The maximum atomic E-state index is 12.9. The number of hydrogen-bond donors (Lipinski definition) is 2. The summed E-state index contributed by atoms with van der Waals surface area (Å²) in [5.74, 6) is 1.21. The smallest absolute Gasteiger partial charge is 0.351 e. The number of nitrogens with one attached hydrogen (secondary N) is 1. The third kappa shape index (κ3) is 12.9. The molecule has 15 heteroatoms. The highest BCUT2D eigenvalue weighted by molar-refractivity contribution is 8.14. The van der Waals surface area contributed by atoms with Crippen LogP contribution >= 0.6 is 35.3 Å². The van der Waals surface area contributed by atoms with E-state index in [2.05, 4.69) is 4.98 Å². The topological polar surface area (TPSA) is 155 Å². The van der Waals surface area contributed by atoms with Crippen LogP contribution in [0.15, 0.2) is 17.1 Å². The molecular formula is C30H49N3O9S3. The van der Waals surface area contributed by atoms with Gasteiger partial charge in [-0.1, -0.05) is 97.6 Å². The molecule has 0 spiro atoms. The van der Waals surface area contributed by atoms with Gasteiger partial charge in [0.1, 0.15) is 18.3 Å². The maximum Gasteiger partial charge on any atom is 0.351 e. The summed E-state index contributed by atoms with van der Waals surface area (Å²) in [7, 11) is 0. The van der Waals surface area contributed by atoms with Crippen LogP contribution in [-0.2, 0) is 33.3 Å². The SMILES string of the molecule is CC(C)(C)C(=O)SCCOC[C@H]1O[C@@H](n2ccc(NO)nc2=O)[C@H](OCCSC(=O)C(C)(C)C)[C@@H]1OCCSC(=O)C(C)(C)C. The first-order valence-corrected chi connectivity index (χ1v) is 17.8. The molecule has 45 heavy (non-hydrogen) atoms. The predicted molar refractivity (Wildman–Crippen MR) is 179 cm³/mol. The van der Waals surface area contributed by atoms with Crippen LogP contribution in [0.5, 0.6) is 0 Å². The van der Waals surface area contributed by atoms with Crippen LogP contribution in [0, 0.1) is 16.2 Å². The van der Waals surface area contributed by atoms with Gasteiger partial charge >= 0.3 is 5.69 Å². The van der Waals surface area contributed by atoms with E-state index in [9.17, 15) is 24.4 Å². The molecule has 0 radical (unpaired) electrons. The Morgan fingerprint density at radius 3 is 1.76 bits per heavy atom. The molecule has 256 valence electrons. The van der Waals surface area contributed by atoms with E-state index in [-0.39, 0.29) is 47.6 Å². The van der Waals surface area contributed by atoms with Gasteiger partial charge in [0, 0.05) is 39.7 Å². The summed E-state index contributed by atoms with van der Waals surface area (Å²) in [4.78, 5) is 53.9. The van der Waals surface area contributed by atoms with Gasteiger partial charge in [-0.3, -0.25) is 29.6 Å². The third-order valence-corrected chi connectivity index (χ3v) is 10.1. The van der Waals surface area contributed by atoms with E-state index in [1.54, 1.807) is 0 Å². The summed E-state index contributed by atoms with van der Waals surface area (Å²) < 4.78 is 26.0. The number of rotatable bonds is 15. The lowest BCUT2D eigenvalue weighted by molar-refractivity contribution is -0.118. The van der Waals surface area contributed by atoms with Gasteiger partial charge in [-0.2, -0.15) is 4.98 Å². The van der Waals surface area contributed by atoms with E-state index >= 15 is 0 Å². The molecule has 0 unspecified atom stereocenters. The van der Waals surface area contributed by atoms with E-state index in [0.29, 0.717) is 17.3 Å². The molecule has 2 N–H and O–H groups in total. The number of ether oxygens (including phenoxy) is 4. The van der Waals surface area contributed by atoms with Crippen LogP contribution in [0.25, 0.3) is 0 Å². The molecule has 0 amide bonds. The molecule has 1 aromatic heterocycles. The largest absolute Gasteiger partial charge is 0.378 e. The fourth-order valence-electron chi connectivity index (χ4n) is 3.79. The normalized spacial score (nSPS) is 20.8. The Bertz CT molecular complexity index is 1190. The zero-order valence-corrected chi connectivity index (χ0v) is 30.2. The molecule has 12 nitrogen and oxygen atoms in total. The summed E-state index contributed by atoms with van der Waals surface area (Å²) in [5.41, 5.74) is -0.282. The average molecular weight is 692 g/mol. The van der Waals surface area contributed by atoms with Crippen LogP contribution in [0.1, 0.15) is 68.5 Å². The van der Waals surface area contributed by atoms with E-state index in [1.807, 2.05) is 67.8 Å². The second-order valence-electron chi connectivity index (χ2n) is 13.6. The van der Waals surface area contributed by atoms with E-state index < -0.39 is 46.5 Å². The number of thioether (sulfide) groups is 3. The Morgan fingerprint density at radius 1 is 0.844 bits per heavy atom. The lowest BCUT2D eigenvalue weighted by atomic mass is 9.99. The molecule has 1 fully saturated rings. The van der Waals surface area contributed by atoms with Crippen molar-refractivity contribution in [2.45, 2.75) is 86.9 Å². The number of carbonyl (C=O) groups excluding carboxylic acids is 3. The van der Waals surface area contributed by atoms with Crippen LogP contribution in [-0.4, -0.2) is 92.1 Å². The fourth-order valence-corrected chi connectivity index (χ4v) is 6.21. The van der Waals surface area contributed by atoms with Gasteiger partial charge in [-0.25, -0.2) is 4.79 Å². The van der Waals surface area contributed by atoms with Crippen LogP contribution in [0.3, 0.4) is 0 Å². The quantitative estimate of drug-likeness (QED) is 0.194. The molecule has 0 aliphatic carbocycles. The van der Waals surface area contributed by atoms with Gasteiger partial charge in [-0.05, 0) is 6.07 Å². The second kappa shape index (κ2) is 17.6. The molecule has 2 heterocycles. The minimum absolute atomic E-state index is 0.0280. The van der Waals surface area contributed by atoms with Crippen molar-refractivity contribution in [2.75, 3.05) is 49.2 Å². The van der Waals surface area contributed by atoms with Gasteiger partial charge in [0.25, 0.3) is 0 Å². The molecule has 1 saturated heterocycles. The summed E-state index contributed by atoms with van der Waals surface area (Å²) in [6.45, 7) is 17.5. The van der Waals surface area contributed by atoms with Crippen LogP contribution < -0.4 is 11.2 Å². The first-order valence-electron chi connectivity index (χ1n) is 14.8. The number of nitrogens with zero attached hydrogens (tertiary/aromatic N) is 2. The Kier molecular flexibility index (Phi) is 15.6. The van der Waals surface area contributed by atoms with Crippen LogP contribution in [0.2, 0.25) is 0 Å². The van der Waals surface area contributed by atoms with Crippen molar-refractivity contribution in [1.29, 1.82) is 0 Å². The minimum atomic E-state index is -0.958. The maximum absolute atomic E-state index is 12.9. The van der Waals surface area contributed by atoms with Crippen molar-refractivity contribution in [3.63, 3.8) is 0 Å². The van der Waals surface area contributed by atoms with E-state index in [0.717, 1.165) is 0 Å². The molecular weight excluding hydrogens is 643 g/mol. The van der Waals surface area contributed by atoms with Crippen molar-refractivity contribution in [1.82, 2.24) is 9.55 Å². The highest BCUT2D eigenvalue weighted by atomic mass is 32.2. The first kappa shape index (κ1) is 39.7. The highest BCUT2D eigenvalue weighted by Crippen LogP contribution is 2.34. The van der Waals surface area contributed by atoms with E-state index in [1.165, 1.54) is 52.1 Å². The monoisotopic (exact) mass is 691 g/mol. The number of anilines is 1. The zero-order valence-electron chi connectivity index (χ0n) is 27.7. The molecule has 1 aliphatic rings. The third-order valence-electron chi connectivity index (χ3n) is 6.34. The van der Waals surface area contributed by atoms with Gasteiger partial charge in [0.15, 0.2) is 27.4 Å². The van der Waals surface area contributed by atoms with E-state index in [4.69, 9.17) is 18.9 Å². The average Bonchev–Trinajstić information content (AvgIpc) is 3.27. The molecule has 2 rings (SSSR count). The highest BCUT2D eigenvalue weighted by Gasteiger charge is 2.48. The van der Waals surface area contributed by atoms with Crippen molar-refractivity contribution in [2.24, 2.45) is 16.2 Å². The Labute approximate surface area is 278 Å². The summed E-state index contributed by atoms with van der Waals surface area (Å²) in [6, 6.07) is 1.41. The molecule has 1 aliphatic heterocycles. The Hall–Kier alpha value is -1.46. The van der Waals surface area contributed by atoms with Crippen LogP contribution in [0.4, 0.5) is 5.82 Å². The number of hydrogen-bond acceptors (Lipinski definition) is 14. The van der Waals surface area contributed by atoms with Crippen molar-refractivity contribution in [3.8, 4) is 0 Å². The second-order valence-corrected chi connectivity index (χ2v) is 16.8. The van der Waals surface area contributed by atoms with Gasteiger partial charge < -0.3 is 18.9 Å². The van der Waals surface area contributed by atoms with Crippen molar-refractivity contribution in [3.05, 3.63) is 22.7 Å². The van der Waals surface area contributed by atoms with Crippen molar-refractivity contribution < 1.29 is 38.5 Å². The Balaban J connectivity index is 2.24. The van der Waals surface area contributed by atoms with Gasteiger partial charge in [0.2, 0.25) is 0 Å².